The number of fused-ring (bicyclic) bond motifs is 1. The smallest absolute Gasteiger partial charge is 0.0369 e. The third-order valence-electron chi connectivity index (χ3n) is 4.91. The fourth-order valence-electron chi connectivity index (χ4n) is 3.75. The molecule has 1 atom stereocenters. The molecule has 2 saturated heterocycles. The zero-order chi connectivity index (χ0) is 13.9. The van der Waals surface area contributed by atoms with E-state index in [-0.39, 0.29) is 0 Å². The molecule has 2 N–H and O–H groups in total. The van der Waals surface area contributed by atoms with Crippen molar-refractivity contribution in [3.63, 3.8) is 0 Å². The van der Waals surface area contributed by atoms with Crippen LogP contribution in [-0.2, 0) is 6.42 Å². The highest BCUT2D eigenvalue weighted by Crippen LogP contribution is 2.26. The molecule has 0 bridgehead atoms. The molecule has 0 amide bonds. The molecule has 1 aromatic rings. The van der Waals surface area contributed by atoms with Crippen LogP contribution in [0.1, 0.15) is 30.4 Å². The van der Waals surface area contributed by atoms with Gasteiger partial charge in [0.05, 0.1) is 0 Å². The van der Waals surface area contributed by atoms with Crippen LogP contribution in [0, 0.1) is 6.92 Å². The van der Waals surface area contributed by atoms with Gasteiger partial charge in [-0.15, -0.1) is 0 Å². The first-order valence-electron chi connectivity index (χ1n) is 8.06. The fraction of sp³-hybridized carbons (Fsp3) is 0.647. The molecule has 2 aliphatic rings. The molecule has 2 aliphatic heterocycles. The summed E-state index contributed by atoms with van der Waals surface area (Å²) in [6.07, 6.45) is 5.04. The molecule has 0 radical (unpaired) electrons. The van der Waals surface area contributed by atoms with E-state index in [4.69, 9.17) is 5.73 Å². The predicted molar refractivity (Wildman–Crippen MR) is 85.4 cm³/mol. The van der Waals surface area contributed by atoms with Crippen LogP contribution in [0.25, 0.3) is 0 Å². The number of hydrogen-bond acceptors (Lipinski definition) is 3. The highest BCUT2D eigenvalue weighted by atomic mass is 15.3. The summed E-state index contributed by atoms with van der Waals surface area (Å²) in [6.45, 7) is 7.95. The first kappa shape index (κ1) is 13.9. The number of hydrogen-bond donors (Lipinski definition) is 1. The van der Waals surface area contributed by atoms with E-state index in [1.807, 2.05) is 0 Å². The SMILES string of the molecule is Cc1cc(N2CCCN3CCCC3C2)ccc1CCN. The van der Waals surface area contributed by atoms with Crippen LogP contribution < -0.4 is 10.6 Å². The third-order valence-corrected chi connectivity index (χ3v) is 4.91. The maximum Gasteiger partial charge on any atom is 0.0369 e. The van der Waals surface area contributed by atoms with Crippen LogP contribution in [0.15, 0.2) is 18.2 Å². The Balaban J connectivity index is 1.76. The second-order valence-electron chi connectivity index (χ2n) is 6.28. The van der Waals surface area contributed by atoms with Crippen molar-refractivity contribution in [3.05, 3.63) is 29.3 Å². The normalized spacial score (nSPS) is 23.7. The lowest BCUT2D eigenvalue weighted by molar-refractivity contribution is 0.273. The van der Waals surface area contributed by atoms with Crippen LogP contribution in [-0.4, -0.2) is 43.7 Å². The summed E-state index contributed by atoms with van der Waals surface area (Å²) in [5.74, 6) is 0. The summed E-state index contributed by atoms with van der Waals surface area (Å²) < 4.78 is 0. The maximum atomic E-state index is 5.67. The van der Waals surface area contributed by atoms with Gasteiger partial charge in [-0.2, -0.15) is 0 Å². The minimum Gasteiger partial charge on any atom is -0.370 e. The second-order valence-corrected chi connectivity index (χ2v) is 6.28. The van der Waals surface area contributed by atoms with E-state index in [0.717, 1.165) is 19.0 Å². The zero-order valence-electron chi connectivity index (χ0n) is 12.6. The van der Waals surface area contributed by atoms with Gasteiger partial charge in [-0.3, -0.25) is 4.90 Å². The van der Waals surface area contributed by atoms with Crippen molar-refractivity contribution in [3.8, 4) is 0 Å². The second kappa shape index (κ2) is 6.15. The largest absolute Gasteiger partial charge is 0.370 e. The van der Waals surface area contributed by atoms with E-state index in [9.17, 15) is 0 Å². The number of anilines is 1. The topological polar surface area (TPSA) is 32.5 Å². The minimum absolute atomic E-state index is 0.737. The lowest BCUT2D eigenvalue weighted by Gasteiger charge is -2.28. The minimum atomic E-state index is 0.737. The average Bonchev–Trinajstić information content (AvgIpc) is 2.78. The molecule has 3 heteroatoms. The quantitative estimate of drug-likeness (QED) is 0.916. The van der Waals surface area contributed by atoms with Gasteiger partial charge in [-0.05, 0) is 69.0 Å². The van der Waals surface area contributed by atoms with Gasteiger partial charge in [0.1, 0.15) is 0 Å². The van der Waals surface area contributed by atoms with Crippen molar-refractivity contribution < 1.29 is 0 Å². The van der Waals surface area contributed by atoms with Crippen molar-refractivity contribution >= 4 is 5.69 Å². The van der Waals surface area contributed by atoms with E-state index in [0.29, 0.717) is 0 Å². The van der Waals surface area contributed by atoms with Gasteiger partial charge in [0, 0.05) is 31.4 Å². The Labute approximate surface area is 122 Å². The number of benzene rings is 1. The average molecular weight is 273 g/mol. The molecule has 2 fully saturated rings. The van der Waals surface area contributed by atoms with Gasteiger partial charge in [0.2, 0.25) is 0 Å². The molecule has 0 saturated carbocycles. The number of nitrogens with two attached hydrogens (primary N) is 1. The van der Waals surface area contributed by atoms with Gasteiger partial charge in [0.25, 0.3) is 0 Å². The van der Waals surface area contributed by atoms with Gasteiger partial charge in [-0.1, -0.05) is 6.07 Å². The Morgan fingerprint density at radius 2 is 2.05 bits per heavy atom. The predicted octanol–water partition coefficient (Wildman–Crippen LogP) is 2.17. The van der Waals surface area contributed by atoms with E-state index in [2.05, 4.69) is 34.9 Å². The summed E-state index contributed by atoms with van der Waals surface area (Å²) >= 11 is 0. The Bertz CT molecular complexity index is 458. The summed E-state index contributed by atoms with van der Waals surface area (Å²) in [5.41, 5.74) is 9.86. The summed E-state index contributed by atoms with van der Waals surface area (Å²) in [7, 11) is 0. The molecule has 1 unspecified atom stereocenters. The summed E-state index contributed by atoms with van der Waals surface area (Å²) in [4.78, 5) is 5.28. The van der Waals surface area contributed by atoms with Crippen LogP contribution in [0.5, 0.6) is 0 Å². The van der Waals surface area contributed by atoms with Crippen molar-refractivity contribution in [2.75, 3.05) is 37.6 Å². The molecule has 0 aliphatic carbocycles. The van der Waals surface area contributed by atoms with Crippen LogP contribution in [0.2, 0.25) is 0 Å². The lowest BCUT2D eigenvalue weighted by atomic mass is 10.0. The number of rotatable bonds is 3. The fourth-order valence-corrected chi connectivity index (χ4v) is 3.75. The lowest BCUT2D eigenvalue weighted by Crippen LogP contribution is -2.36. The molecule has 1 aromatic carbocycles. The Kier molecular flexibility index (Phi) is 4.27. The van der Waals surface area contributed by atoms with E-state index < -0.39 is 0 Å². The molecular formula is C17H27N3. The van der Waals surface area contributed by atoms with E-state index in [1.54, 1.807) is 0 Å². The van der Waals surface area contributed by atoms with E-state index in [1.165, 1.54) is 62.3 Å². The molecule has 2 heterocycles. The monoisotopic (exact) mass is 273 g/mol. The summed E-state index contributed by atoms with van der Waals surface area (Å²) in [6, 6.07) is 7.70. The van der Waals surface area contributed by atoms with Crippen LogP contribution >= 0.6 is 0 Å². The van der Waals surface area contributed by atoms with Crippen molar-refractivity contribution in [2.24, 2.45) is 5.73 Å². The molecule has 0 spiro atoms. The Morgan fingerprint density at radius 3 is 2.85 bits per heavy atom. The molecular weight excluding hydrogens is 246 g/mol. The highest BCUT2D eigenvalue weighted by Gasteiger charge is 2.28. The van der Waals surface area contributed by atoms with Gasteiger partial charge < -0.3 is 10.6 Å². The highest BCUT2D eigenvalue weighted by molar-refractivity contribution is 5.51. The van der Waals surface area contributed by atoms with Gasteiger partial charge >= 0.3 is 0 Å². The molecule has 20 heavy (non-hydrogen) atoms. The maximum absolute atomic E-state index is 5.67. The first-order chi connectivity index (χ1) is 9.78. The van der Waals surface area contributed by atoms with E-state index >= 15 is 0 Å². The van der Waals surface area contributed by atoms with Gasteiger partial charge in [-0.25, -0.2) is 0 Å². The van der Waals surface area contributed by atoms with Crippen molar-refractivity contribution in [2.45, 2.75) is 38.6 Å². The summed E-state index contributed by atoms with van der Waals surface area (Å²) in [5, 5.41) is 0. The van der Waals surface area contributed by atoms with Crippen molar-refractivity contribution in [1.29, 1.82) is 0 Å². The Morgan fingerprint density at radius 1 is 1.20 bits per heavy atom. The molecule has 110 valence electrons. The van der Waals surface area contributed by atoms with Crippen LogP contribution in [0.4, 0.5) is 5.69 Å². The van der Waals surface area contributed by atoms with Crippen molar-refractivity contribution in [1.82, 2.24) is 4.90 Å². The zero-order valence-corrected chi connectivity index (χ0v) is 12.6. The molecule has 0 aromatic heterocycles. The molecule has 3 nitrogen and oxygen atoms in total. The van der Waals surface area contributed by atoms with Crippen LogP contribution in [0.3, 0.4) is 0 Å². The standard InChI is InChI=1S/C17H27N3/c1-14-12-16(6-5-15(14)7-8-18)20-11-3-10-19-9-2-4-17(19)13-20/h5-6,12,17H,2-4,7-11,13,18H2,1H3. The molecule has 3 rings (SSSR count). The number of nitrogens with zero attached hydrogens (tertiary/aromatic N) is 2. The Hall–Kier alpha value is -1.06. The third kappa shape index (κ3) is 2.84. The van der Waals surface area contributed by atoms with Gasteiger partial charge in [0.15, 0.2) is 0 Å². The number of aryl methyl sites for hydroxylation is 1. The first-order valence-corrected chi connectivity index (χ1v) is 8.06.